The Morgan fingerprint density at radius 1 is 1.22 bits per heavy atom. The van der Waals surface area contributed by atoms with Crippen molar-refractivity contribution in [3.8, 4) is 5.75 Å². The lowest BCUT2D eigenvalue weighted by Gasteiger charge is -2.17. The highest BCUT2D eigenvalue weighted by Gasteiger charge is 2.08. The van der Waals surface area contributed by atoms with Crippen LogP contribution in [0.3, 0.4) is 0 Å². The zero-order valence-electron chi connectivity index (χ0n) is 13.9. The van der Waals surface area contributed by atoms with Crippen LogP contribution in [0.5, 0.6) is 5.75 Å². The molecule has 2 aromatic rings. The van der Waals surface area contributed by atoms with Crippen LogP contribution in [0.2, 0.25) is 0 Å². The lowest BCUT2D eigenvalue weighted by atomic mass is 10.2. The zero-order valence-corrected chi connectivity index (χ0v) is 13.9. The van der Waals surface area contributed by atoms with E-state index >= 15 is 0 Å². The smallest absolute Gasteiger partial charge is 0.222 e. The van der Waals surface area contributed by atoms with Crippen LogP contribution >= 0.6 is 0 Å². The summed E-state index contributed by atoms with van der Waals surface area (Å²) in [6.07, 6.45) is 5.79. The van der Waals surface area contributed by atoms with Crippen molar-refractivity contribution in [3.63, 3.8) is 0 Å². The molecule has 0 aliphatic heterocycles. The number of rotatable bonds is 8. The van der Waals surface area contributed by atoms with E-state index in [1.807, 2.05) is 50.4 Å². The molecule has 1 heterocycles. The van der Waals surface area contributed by atoms with E-state index in [4.69, 9.17) is 4.74 Å². The van der Waals surface area contributed by atoms with Gasteiger partial charge in [-0.15, -0.1) is 0 Å². The lowest BCUT2D eigenvalue weighted by Crippen LogP contribution is -2.26. The largest absolute Gasteiger partial charge is 0.494 e. The summed E-state index contributed by atoms with van der Waals surface area (Å²) < 4.78 is 5.69. The minimum Gasteiger partial charge on any atom is -0.494 e. The molecule has 4 heteroatoms. The van der Waals surface area contributed by atoms with Gasteiger partial charge in [-0.25, -0.2) is 0 Å². The number of aryl methyl sites for hydroxylation is 1. The predicted octanol–water partition coefficient (Wildman–Crippen LogP) is 3.60. The number of aromatic nitrogens is 1. The maximum absolute atomic E-state index is 12.1. The van der Waals surface area contributed by atoms with Crippen molar-refractivity contribution in [1.29, 1.82) is 0 Å². The molecule has 2 rings (SSSR count). The van der Waals surface area contributed by atoms with Crippen molar-refractivity contribution in [3.05, 3.63) is 59.9 Å². The summed E-state index contributed by atoms with van der Waals surface area (Å²) in [5.41, 5.74) is 2.24. The first-order valence-corrected chi connectivity index (χ1v) is 7.97. The number of pyridine rings is 1. The van der Waals surface area contributed by atoms with E-state index in [1.165, 1.54) is 5.56 Å². The van der Waals surface area contributed by atoms with Crippen LogP contribution in [-0.2, 0) is 11.3 Å². The van der Waals surface area contributed by atoms with E-state index in [2.05, 4.69) is 4.98 Å². The van der Waals surface area contributed by atoms with E-state index < -0.39 is 0 Å². The van der Waals surface area contributed by atoms with Crippen molar-refractivity contribution in [2.24, 2.45) is 0 Å². The molecule has 0 N–H and O–H groups in total. The molecule has 0 fully saturated rings. The van der Waals surface area contributed by atoms with Gasteiger partial charge < -0.3 is 9.64 Å². The number of carbonyl (C=O) groups is 1. The predicted molar refractivity (Wildman–Crippen MR) is 91.2 cm³/mol. The Morgan fingerprint density at radius 2 is 2.09 bits per heavy atom. The topological polar surface area (TPSA) is 42.4 Å². The molecule has 4 nitrogen and oxygen atoms in total. The normalized spacial score (nSPS) is 10.3. The summed E-state index contributed by atoms with van der Waals surface area (Å²) in [5, 5.41) is 0. The Labute approximate surface area is 138 Å². The molecule has 1 aromatic heterocycles. The van der Waals surface area contributed by atoms with Crippen LogP contribution in [-0.4, -0.2) is 29.4 Å². The van der Waals surface area contributed by atoms with Crippen LogP contribution < -0.4 is 4.74 Å². The highest BCUT2D eigenvalue weighted by molar-refractivity contribution is 5.75. The van der Waals surface area contributed by atoms with Gasteiger partial charge in [0.2, 0.25) is 5.91 Å². The summed E-state index contributed by atoms with van der Waals surface area (Å²) in [6.45, 7) is 3.29. The Kier molecular flexibility index (Phi) is 6.60. The Balaban J connectivity index is 1.62. The van der Waals surface area contributed by atoms with Gasteiger partial charge in [-0.05, 0) is 49.1 Å². The minimum absolute atomic E-state index is 0.157. The molecule has 0 aliphatic rings. The van der Waals surface area contributed by atoms with Crippen molar-refractivity contribution < 1.29 is 9.53 Å². The molecule has 0 aliphatic carbocycles. The van der Waals surface area contributed by atoms with Crippen LogP contribution in [0.1, 0.15) is 30.4 Å². The van der Waals surface area contributed by atoms with Crippen LogP contribution in [0.25, 0.3) is 0 Å². The second-order valence-electron chi connectivity index (χ2n) is 5.73. The van der Waals surface area contributed by atoms with E-state index in [-0.39, 0.29) is 5.91 Å². The monoisotopic (exact) mass is 312 g/mol. The molecule has 1 aromatic carbocycles. The Hall–Kier alpha value is -2.36. The first kappa shape index (κ1) is 17.0. The zero-order chi connectivity index (χ0) is 16.5. The summed E-state index contributed by atoms with van der Waals surface area (Å²) in [6, 6.07) is 11.9. The highest BCUT2D eigenvalue weighted by atomic mass is 16.5. The molecule has 0 spiro atoms. The number of carbonyl (C=O) groups excluding carboxylic acids is 1. The van der Waals surface area contributed by atoms with Gasteiger partial charge in [0.1, 0.15) is 5.75 Å². The fraction of sp³-hybridized carbons (Fsp3) is 0.368. The number of nitrogens with zero attached hydrogens (tertiary/aromatic N) is 2. The molecule has 0 unspecified atom stereocenters. The van der Waals surface area contributed by atoms with Gasteiger partial charge in [0.25, 0.3) is 0 Å². The standard InChI is InChI=1S/C19H24N2O2/c1-16-7-5-9-18(13-16)23-12-4-3-10-19(22)21(2)15-17-8-6-11-20-14-17/h5-9,11,13-14H,3-4,10,12,15H2,1-2H3. The van der Waals surface area contributed by atoms with Gasteiger partial charge >= 0.3 is 0 Å². The summed E-state index contributed by atoms with van der Waals surface area (Å²) in [7, 11) is 1.83. The van der Waals surface area contributed by atoms with Gasteiger partial charge in [-0.3, -0.25) is 9.78 Å². The molecule has 0 atom stereocenters. The van der Waals surface area contributed by atoms with Crippen molar-refractivity contribution >= 4 is 5.91 Å². The van der Waals surface area contributed by atoms with Gasteiger partial charge in [0, 0.05) is 32.4 Å². The van der Waals surface area contributed by atoms with Crippen molar-refractivity contribution in [2.75, 3.05) is 13.7 Å². The van der Waals surface area contributed by atoms with E-state index in [0.717, 1.165) is 24.2 Å². The first-order valence-electron chi connectivity index (χ1n) is 7.97. The van der Waals surface area contributed by atoms with Gasteiger partial charge in [0.05, 0.1) is 6.61 Å². The molecule has 122 valence electrons. The number of hydrogen-bond acceptors (Lipinski definition) is 3. The van der Waals surface area contributed by atoms with Gasteiger partial charge in [-0.2, -0.15) is 0 Å². The fourth-order valence-corrected chi connectivity index (χ4v) is 2.32. The number of amides is 1. The van der Waals surface area contributed by atoms with Crippen LogP contribution in [0.15, 0.2) is 48.8 Å². The molecule has 0 bridgehead atoms. The molecular weight excluding hydrogens is 288 g/mol. The SMILES string of the molecule is Cc1cccc(OCCCCC(=O)N(C)Cc2cccnc2)c1. The maximum Gasteiger partial charge on any atom is 0.222 e. The summed E-state index contributed by atoms with van der Waals surface area (Å²) in [5.74, 6) is 1.05. The first-order chi connectivity index (χ1) is 11.1. The Morgan fingerprint density at radius 3 is 2.83 bits per heavy atom. The van der Waals surface area contributed by atoms with E-state index in [0.29, 0.717) is 19.6 Å². The maximum atomic E-state index is 12.1. The third kappa shape index (κ3) is 6.10. The molecule has 0 saturated heterocycles. The fourth-order valence-electron chi connectivity index (χ4n) is 2.32. The van der Waals surface area contributed by atoms with Gasteiger partial charge in [-0.1, -0.05) is 18.2 Å². The minimum atomic E-state index is 0.157. The second-order valence-corrected chi connectivity index (χ2v) is 5.73. The number of hydrogen-bond donors (Lipinski definition) is 0. The highest BCUT2D eigenvalue weighted by Crippen LogP contribution is 2.13. The van der Waals surface area contributed by atoms with Crippen molar-refractivity contribution in [1.82, 2.24) is 9.88 Å². The average molecular weight is 312 g/mol. The van der Waals surface area contributed by atoms with Crippen LogP contribution in [0.4, 0.5) is 0 Å². The van der Waals surface area contributed by atoms with E-state index in [9.17, 15) is 4.79 Å². The number of unbranched alkanes of at least 4 members (excludes halogenated alkanes) is 1. The van der Waals surface area contributed by atoms with Crippen LogP contribution in [0, 0.1) is 6.92 Å². The lowest BCUT2D eigenvalue weighted by molar-refractivity contribution is -0.130. The molecule has 1 amide bonds. The third-order valence-electron chi connectivity index (χ3n) is 3.61. The Bertz CT molecular complexity index is 614. The van der Waals surface area contributed by atoms with E-state index in [1.54, 1.807) is 17.3 Å². The van der Waals surface area contributed by atoms with Crippen molar-refractivity contribution in [2.45, 2.75) is 32.7 Å². The molecular formula is C19H24N2O2. The molecule has 23 heavy (non-hydrogen) atoms. The summed E-state index contributed by atoms with van der Waals surface area (Å²) in [4.78, 5) is 17.9. The molecule has 0 radical (unpaired) electrons. The quantitative estimate of drug-likeness (QED) is 0.699. The number of ether oxygens (including phenoxy) is 1. The number of benzene rings is 1. The third-order valence-corrected chi connectivity index (χ3v) is 3.61. The average Bonchev–Trinajstić information content (AvgIpc) is 2.55. The van der Waals surface area contributed by atoms with Gasteiger partial charge in [0.15, 0.2) is 0 Å². The molecule has 0 saturated carbocycles. The summed E-state index contributed by atoms with van der Waals surface area (Å²) >= 11 is 0. The second kappa shape index (κ2) is 8.93.